The lowest BCUT2D eigenvalue weighted by Gasteiger charge is -2.26. The maximum atomic E-state index is 6.27. The predicted octanol–water partition coefficient (Wildman–Crippen LogP) is 2.02. The summed E-state index contributed by atoms with van der Waals surface area (Å²) >= 11 is 6.27. The monoisotopic (exact) mass is 191 g/mol. The summed E-state index contributed by atoms with van der Waals surface area (Å²) < 4.78 is 0. The average molecular weight is 191 g/mol. The van der Waals surface area contributed by atoms with Crippen LogP contribution in [0.15, 0.2) is 35.9 Å². The van der Waals surface area contributed by atoms with Crippen LogP contribution in [0.3, 0.4) is 0 Å². The number of fused-ring (bicyclic) bond motifs is 1. The lowest BCUT2D eigenvalue weighted by Crippen LogP contribution is -2.36. The first-order chi connectivity index (χ1) is 6.20. The highest BCUT2D eigenvalue weighted by atomic mass is 35.5. The molecule has 3 heteroatoms. The molecular formula is C10H11BClN. The number of para-hydroxylation sites is 1. The van der Waals surface area contributed by atoms with Gasteiger partial charge in [0.1, 0.15) is 0 Å². The minimum atomic E-state index is 0.0346. The standard InChI is InChI=1S/C10H11BClN/c1-8-7-13(2)10-6-4-3-5-9(10)11(8)12/h3-7H,1-2H3. The van der Waals surface area contributed by atoms with Crippen molar-refractivity contribution >= 4 is 28.7 Å². The Morgan fingerprint density at radius 2 is 2.00 bits per heavy atom. The van der Waals surface area contributed by atoms with Crippen molar-refractivity contribution in [1.29, 1.82) is 0 Å². The Balaban J connectivity index is 2.55. The number of rotatable bonds is 0. The van der Waals surface area contributed by atoms with Crippen LogP contribution < -0.4 is 10.4 Å². The van der Waals surface area contributed by atoms with Gasteiger partial charge in [-0.25, -0.2) is 0 Å². The summed E-state index contributed by atoms with van der Waals surface area (Å²) in [6.45, 7) is 2.06. The van der Waals surface area contributed by atoms with Crippen molar-refractivity contribution in [3.63, 3.8) is 0 Å². The van der Waals surface area contributed by atoms with E-state index < -0.39 is 0 Å². The Morgan fingerprint density at radius 3 is 2.77 bits per heavy atom. The van der Waals surface area contributed by atoms with Crippen LogP contribution in [0.25, 0.3) is 0 Å². The Kier molecular flexibility index (Phi) is 2.08. The van der Waals surface area contributed by atoms with Crippen molar-refractivity contribution in [3.8, 4) is 0 Å². The first-order valence-corrected chi connectivity index (χ1v) is 4.78. The molecule has 2 rings (SSSR count). The Labute approximate surface area is 84.0 Å². The van der Waals surface area contributed by atoms with E-state index in [0.717, 1.165) is 0 Å². The van der Waals surface area contributed by atoms with Gasteiger partial charge in [0.2, 0.25) is 0 Å². The van der Waals surface area contributed by atoms with E-state index in [0.29, 0.717) is 0 Å². The zero-order chi connectivity index (χ0) is 9.42. The number of halogens is 1. The average Bonchev–Trinajstić information content (AvgIpc) is 2.15. The van der Waals surface area contributed by atoms with Crippen LogP contribution in [0.4, 0.5) is 5.69 Å². The van der Waals surface area contributed by atoms with Crippen LogP contribution in [0.2, 0.25) is 0 Å². The number of allylic oxidation sites excluding steroid dienone is 1. The van der Waals surface area contributed by atoms with E-state index in [2.05, 4.69) is 30.2 Å². The largest absolute Gasteiger partial charge is 0.352 e. The van der Waals surface area contributed by atoms with Crippen molar-refractivity contribution in [3.05, 3.63) is 35.9 Å². The van der Waals surface area contributed by atoms with E-state index >= 15 is 0 Å². The smallest absolute Gasteiger partial charge is 0.314 e. The summed E-state index contributed by atoms with van der Waals surface area (Å²) in [4.78, 5) is 2.11. The molecule has 0 saturated carbocycles. The van der Waals surface area contributed by atoms with Crippen molar-refractivity contribution < 1.29 is 0 Å². The van der Waals surface area contributed by atoms with Gasteiger partial charge < -0.3 is 4.90 Å². The maximum absolute atomic E-state index is 6.27. The summed E-state index contributed by atoms with van der Waals surface area (Å²) in [5, 5.41) is 0. The normalized spacial score (nSPS) is 15.5. The van der Waals surface area contributed by atoms with E-state index in [-0.39, 0.29) is 6.13 Å². The van der Waals surface area contributed by atoms with Gasteiger partial charge in [-0.15, -0.1) is 0 Å². The zero-order valence-electron chi connectivity index (χ0n) is 7.79. The minimum Gasteiger partial charge on any atom is -0.352 e. The first kappa shape index (κ1) is 8.70. The van der Waals surface area contributed by atoms with Gasteiger partial charge in [0.05, 0.1) is 0 Å². The van der Waals surface area contributed by atoms with Gasteiger partial charge in [-0.1, -0.05) is 23.7 Å². The van der Waals surface area contributed by atoms with Gasteiger partial charge in [0, 0.05) is 12.7 Å². The van der Waals surface area contributed by atoms with Gasteiger partial charge in [-0.05, 0) is 24.7 Å². The summed E-state index contributed by atoms with van der Waals surface area (Å²) in [5.41, 5.74) is 3.60. The molecule has 1 aliphatic heterocycles. The number of hydrogen-bond acceptors (Lipinski definition) is 1. The number of anilines is 1. The lowest BCUT2D eigenvalue weighted by molar-refractivity contribution is 1.19. The molecule has 0 unspecified atom stereocenters. The second-order valence-electron chi connectivity index (χ2n) is 3.41. The van der Waals surface area contributed by atoms with E-state index in [4.69, 9.17) is 11.5 Å². The van der Waals surface area contributed by atoms with Crippen molar-refractivity contribution in [1.82, 2.24) is 0 Å². The summed E-state index contributed by atoms with van der Waals surface area (Å²) in [6.07, 6.45) is 2.12. The number of nitrogens with zero attached hydrogens (tertiary/aromatic N) is 1. The fourth-order valence-electron chi connectivity index (χ4n) is 1.71. The molecule has 0 fully saturated rings. The molecule has 0 aliphatic carbocycles. The summed E-state index contributed by atoms with van der Waals surface area (Å²) in [6, 6.07) is 8.24. The van der Waals surface area contributed by atoms with Gasteiger partial charge in [-0.3, -0.25) is 0 Å². The third kappa shape index (κ3) is 1.35. The number of benzene rings is 1. The van der Waals surface area contributed by atoms with Crippen LogP contribution in [0.5, 0.6) is 0 Å². The molecule has 0 spiro atoms. The SMILES string of the molecule is CC1=CN(C)c2ccccc2B1Cl. The minimum absolute atomic E-state index is 0.0346. The van der Waals surface area contributed by atoms with Crippen molar-refractivity contribution in [2.75, 3.05) is 11.9 Å². The van der Waals surface area contributed by atoms with Crippen molar-refractivity contribution in [2.45, 2.75) is 6.92 Å². The number of hydrogen-bond donors (Lipinski definition) is 0. The second-order valence-corrected chi connectivity index (χ2v) is 3.84. The second kappa shape index (κ2) is 3.11. The summed E-state index contributed by atoms with van der Waals surface area (Å²) in [7, 11) is 2.05. The van der Waals surface area contributed by atoms with Crippen LogP contribution in [-0.4, -0.2) is 13.2 Å². The molecule has 1 heterocycles. The highest BCUT2D eigenvalue weighted by Gasteiger charge is 2.24. The molecule has 0 saturated heterocycles. The summed E-state index contributed by atoms with van der Waals surface area (Å²) in [5.74, 6) is 0. The first-order valence-electron chi connectivity index (χ1n) is 4.34. The molecule has 0 atom stereocenters. The molecule has 1 aliphatic rings. The molecule has 1 nitrogen and oxygen atoms in total. The van der Waals surface area contributed by atoms with Crippen LogP contribution in [0, 0.1) is 0 Å². The lowest BCUT2D eigenvalue weighted by atomic mass is 9.60. The molecule has 13 heavy (non-hydrogen) atoms. The quantitative estimate of drug-likeness (QED) is 0.567. The molecular weight excluding hydrogens is 180 g/mol. The molecule has 0 N–H and O–H groups in total. The molecule has 0 radical (unpaired) electrons. The van der Waals surface area contributed by atoms with Crippen LogP contribution >= 0.6 is 11.5 Å². The van der Waals surface area contributed by atoms with Gasteiger partial charge in [0.25, 0.3) is 0 Å². The molecule has 66 valence electrons. The van der Waals surface area contributed by atoms with Gasteiger partial charge in [0.15, 0.2) is 0 Å². The Morgan fingerprint density at radius 1 is 1.31 bits per heavy atom. The van der Waals surface area contributed by atoms with Gasteiger partial charge >= 0.3 is 6.13 Å². The molecule has 0 bridgehead atoms. The third-order valence-electron chi connectivity index (χ3n) is 2.39. The van der Waals surface area contributed by atoms with Crippen LogP contribution in [-0.2, 0) is 0 Å². The fraction of sp³-hybridized carbons (Fsp3) is 0.200. The van der Waals surface area contributed by atoms with Gasteiger partial charge in [-0.2, -0.15) is 11.5 Å². The highest BCUT2D eigenvalue weighted by molar-refractivity contribution is 7.18. The zero-order valence-corrected chi connectivity index (χ0v) is 8.55. The molecule has 1 aromatic rings. The topological polar surface area (TPSA) is 3.24 Å². The van der Waals surface area contributed by atoms with Crippen LogP contribution in [0.1, 0.15) is 6.92 Å². The Hall–Kier alpha value is -0.885. The Bertz CT molecular complexity index is 362. The highest BCUT2D eigenvalue weighted by Crippen LogP contribution is 2.21. The molecule has 0 aromatic heterocycles. The van der Waals surface area contributed by atoms with E-state index in [1.807, 2.05) is 19.2 Å². The predicted molar refractivity (Wildman–Crippen MR) is 59.8 cm³/mol. The fourth-order valence-corrected chi connectivity index (χ4v) is 1.95. The molecule has 0 amide bonds. The van der Waals surface area contributed by atoms with E-state index in [9.17, 15) is 0 Å². The van der Waals surface area contributed by atoms with E-state index in [1.165, 1.54) is 16.6 Å². The van der Waals surface area contributed by atoms with Crippen molar-refractivity contribution in [2.24, 2.45) is 0 Å². The van der Waals surface area contributed by atoms with E-state index in [1.54, 1.807) is 0 Å². The molecule has 1 aromatic carbocycles. The third-order valence-corrected chi connectivity index (χ3v) is 2.97. The maximum Gasteiger partial charge on any atom is 0.314 e.